The molecule has 1 amide bonds. The van der Waals surface area contributed by atoms with E-state index in [1.165, 1.54) is 16.8 Å². The molecular weight excluding hydrogens is 384 g/mol. The molecule has 0 unspecified atom stereocenters. The van der Waals surface area contributed by atoms with Gasteiger partial charge in [-0.25, -0.2) is 4.79 Å². The minimum atomic E-state index is -0.456. The van der Waals surface area contributed by atoms with Crippen molar-refractivity contribution in [2.24, 2.45) is 0 Å². The number of nitrogens with zero attached hydrogens (tertiary/aromatic N) is 2. The van der Waals surface area contributed by atoms with Crippen LogP contribution in [0.4, 0.5) is 10.5 Å². The molecule has 5 nitrogen and oxygen atoms in total. The van der Waals surface area contributed by atoms with Gasteiger partial charge in [0.15, 0.2) is 0 Å². The first-order valence-electron chi connectivity index (χ1n) is 8.98. The van der Waals surface area contributed by atoms with Gasteiger partial charge in [0.05, 0.1) is 13.2 Å². The first kappa shape index (κ1) is 17.2. The Balaban J connectivity index is 1.64. The van der Waals surface area contributed by atoms with E-state index >= 15 is 0 Å². The van der Waals surface area contributed by atoms with Crippen LogP contribution < -0.4 is 4.90 Å². The molecule has 0 radical (unpaired) electrons. The Morgan fingerprint density at radius 1 is 1.32 bits per heavy atom. The van der Waals surface area contributed by atoms with Crippen LogP contribution >= 0.6 is 15.9 Å². The van der Waals surface area contributed by atoms with E-state index in [1.54, 1.807) is 0 Å². The van der Waals surface area contributed by atoms with E-state index in [0.29, 0.717) is 18.6 Å². The van der Waals surface area contributed by atoms with Gasteiger partial charge < -0.3 is 19.3 Å². The lowest BCUT2D eigenvalue weighted by Gasteiger charge is -2.39. The molecular formula is C19H25BrN2O3. The van der Waals surface area contributed by atoms with Crippen molar-refractivity contribution in [3.63, 3.8) is 0 Å². The molecule has 0 aliphatic carbocycles. The Morgan fingerprint density at radius 2 is 2.12 bits per heavy atom. The quantitative estimate of drug-likeness (QED) is 0.652. The summed E-state index contributed by atoms with van der Waals surface area (Å²) in [4.78, 5) is 16.9. The van der Waals surface area contributed by atoms with Crippen LogP contribution in [0.5, 0.6) is 0 Å². The van der Waals surface area contributed by atoms with Crippen molar-refractivity contribution in [3.8, 4) is 0 Å². The summed E-state index contributed by atoms with van der Waals surface area (Å²) in [5, 5.41) is 0. The number of piperidine rings is 1. The fourth-order valence-electron chi connectivity index (χ4n) is 4.32. The summed E-state index contributed by atoms with van der Waals surface area (Å²) >= 11 is 3.65. The highest BCUT2D eigenvalue weighted by atomic mass is 79.9. The fourth-order valence-corrected chi connectivity index (χ4v) is 4.84. The molecule has 0 N–H and O–H groups in total. The summed E-state index contributed by atoms with van der Waals surface area (Å²) in [6.07, 6.45) is 0.770. The number of likely N-dealkylation sites (tertiary alicyclic amines) is 1. The molecule has 2 atom stereocenters. The predicted molar refractivity (Wildman–Crippen MR) is 100 cm³/mol. The van der Waals surface area contributed by atoms with Crippen LogP contribution in [0, 0.1) is 0 Å². The van der Waals surface area contributed by atoms with Crippen LogP contribution in [0.25, 0.3) is 0 Å². The molecule has 1 aromatic rings. The number of carbonyl (C=O) groups is 1. The molecule has 1 saturated heterocycles. The van der Waals surface area contributed by atoms with Gasteiger partial charge in [-0.1, -0.05) is 15.9 Å². The molecule has 1 fully saturated rings. The molecule has 0 saturated carbocycles. The highest BCUT2D eigenvalue weighted by Gasteiger charge is 2.45. The van der Waals surface area contributed by atoms with E-state index in [1.807, 2.05) is 25.7 Å². The number of fused-ring (bicyclic) bond motifs is 3. The largest absolute Gasteiger partial charge is 0.444 e. The van der Waals surface area contributed by atoms with Crippen LogP contribution in [0.3, 0.4) is 0 Å². The average Bonchev–Trinajstić information content (AvgIpc) is 2.68. The lowest BCUT2D eigenvalue weighted by molar-refractivity contribution is 0.0188. The van der Waals surface area contributed by atoms with Crippen LogP contribution in [0.15, 0.2) is 16.6 Å². The third-order valence-corrected chi connectivity index (χ3v) is 5.69. The summed E-state index contributed by atoms with van der Waals surface area (Å²) < 4.78 is 12.5. The minimum absolute atomic E-state index is 0.198. The zero-order valence-corrected chi connectivity index (χ0v) is 16.6. The first-order chi connectivity index (χ1) is 11.8. The topological polar surface area (TPSA) is 42.0 Å². The molecule has 25 heavy (non-hydrogen) atoms. The van der Waals surface area contributed by atoms with Gasteiger partial charge in [-0.05, 0) is 44.9 Å². The smallest absolute Gasteiger partial charge is 0.410 e. The van der Waals surface area contributed by atoms with Gasteiger partial charge in [-0.2, -0.15) is 0 Å². The monoisotopic (exact) mass is 408 g/mol. The highest BCUT2D eigenvalue weighted by Crippen LogP contribution is 2.48. The molecule has 4 rings (SSSR count). The Morgan fingerprint density at radius 3 is 2.88 bits per heavy atom. The van der Waals surface area contributed by atoms with E-state index in [4.69, 9.17) is 9.47 Å². The van der Waals surface area contributed by atoms with Crippen LogP contribution in [0.2, 0.25) is 0 Å². The van der Waals surface area contributed by atoms with Crippen molar-refractivity contribution in [2.75, 3.05) is 31.1 Å². The Labute approximate surface area is 157 Å². The maximum Gasteiger partial charge on any atom is 0.410 e. The van der Waals surface area contributed by atoms with Gasteiger partial charge in [0.1, 0.15) is 5.60 Å². The van der Waals surface area contributed by atoms with Crippen molar-refractivity contribution >= 4 is 27.7 Å². The van der Waals surface area contributed by atoms with Gasteiger partial charge >= 0.3 is 6.09 Å². The third kappa shape index (κ3) is 3.14. The van der Waals surface area contributed by atoms with Gasteiger partial charge in [0, 0.05) is 47.3 Å². The second-order valence-corrected chi connectivity index (χ2v) is 9.05. The third-order valence-electron chi connectivity index (χ3n) is 5.23. The molecule has 0 bridgehead atoms. The Bertz CT molecular complexity index is 701. The number of benzene rings is 1. The number of hydrogen-bond donors (Lipinski definition) is 0. The summed E-state index contributed by atoms with van der Waals surface area (Å²) in [7, 11) is 0. The van der Waals surface area contributed by atoms with Gasteiger partial charge in [0.25, 0.3) is 0 Å². The number of hydrogen-bond acceptors (Lipinski definition) is 4. The predicted octanol–water partition coefficient (Wildman–Crippen LogP) is 3.89. The van der Waals surface area contributed by atoms with Crippen molar-refractivity contribution in [2.45, 2.75) is 51.4 Å². The molecule has 0 aromatic heterocycles. The summed E-state index contributed by atoms with van der Waals surface area (Å²) in [6.45, 7) is 9.56. The van der Waals surface area contributed by atoms with E-state index in [0.717, 1.165) is 37.1 Å². The average molecular weight is 409 g/mol. The van der Waals surface area contributed by atoms with E-state index < -0.39 is 5.60 Å². The van der Waals surface area contributed by atoms with E-state index in [-0.39, 0.29) is 6.09 Å². The number of ether oxygens (including phenoxy) is 2. The SMILES string of the molecule is CC(C)(C)OC(=O)N1CC[C@@H]2[C@H](C1)c1cc(Br)cc3c1N2CCOC3. The number of halogens is 1. The Hall–Kier alpha value is -1.27. The van der Waals surface area contributed by atoms with Gasteiger partial charge in [-0.3, -0.25) is 0 Å². The maximum absolute atomic E-state index is 12.5. The minimum Gasteiger partial charge on any atom is -0.444 e. The zero-order chi connectivity index (χ0) is 17.8. The van der Waals surface area contributed by atoms with Crippen molar-refractivity contribution in [3.05, 3.63) is 27.7 Å². The highest BCUT2D eigenvalue weighted by molar-refractivity contribution is 9.10. The summed E-state index contributed by atoms with van der Waals surface area (Å²) in [5.41, 5.74) is 3.47. The Kier molecular flexibility index (Phi) is 4.23. The molecule has 136 valence electrons. The van der Waals surface area contributed by atoms with E-state index in [9.17, 15) is 4.79 Å². The number of rotatable bonds is 0. The summed E-state index contributed by atoms with van der Waals surface area (Å²) in [6, 6.07) is 4.84. The second-order valence-electron chi connectivity index (χ2n) is 8.14. The molecule has 3 aliphatic heterocycles. The molecule has 3 aliphatic rings. The first-order valence-corrected chi connectivity index (χ1v) is 9.77. The molecule has 1 aromatic carbocycles. The van der Waals surface area contributed by atoms with Crippen molar-refractivity contribution < 1.29 is 14.3 Å². The molecule has 3 heterocycles. The lowest BCUT2D eigenvalue weighted by Crippen LogP contribution is -2.49. The van der Waals surface area contributed by atoms with Crippen molar-refractivity contribution in [1.82, 2.24) is 4.90 Å². The lowest BCUT2D eigenvalue weighted by atomic mass is 9.89. The second kappa shape index (κ2) is 6.16. The number of anilines is 1. The number of carbonyl (C=O) groups excluding carboxylic acids is 1. The fraction of sp³-hybridized carbons (Fsp3) is 0.632. The molecule has 6 heteroatoms. The van der Waals surface area contributed by atoms with Crippen LogP contribution in [-0.4, -0.2) is 48.9 Å². The zero-order valence-electron chi connectivity index (χ0n) is 15.0. The maximum atomic E-state index is 12.5. The normalized spacial score (nSPS) is 25.3. The number of amides is 1. The van der Waals surface area contributed by atoms with Gasteiger partial charge in [0.2, 0.25) is 0 Å². The molecule has 0 spiro atoms. The summed E-state index contributed by atoms with van der Waals surface area (Å²) in [5.74, 6) is 0.339. The van der Waals surface area contributed by atoms with Crippen molar-refractivity contribution in [1.29, 1.82) is 0 Å². The van der Waals surface area contributed by atoms with Gasteiger partial charge in [-0.15, -0.1) is 0 Å². The standard InChI is InChI=1S/C19H25BrN2O3/c1-19(2,3)25-18(23)21-5-4-16-15(10-21)14-9-13(20)8-12-11-24-7-6-22(16)17(12)14/h8-9,15-16H,4-7,10-11H2,1-3H3/t15-,16-/m1/s1. The van der Waals surface area contributed by atoms with Crippen LogP contribution in [-0.2, 0) is 16.1 Å². The van der Waals surface area contributed by atoms with Crippen LogP contribution in [0.1, 0.15) is 44.2 Å². The van der Waals surface area contributed by atoms with E-state index in [2.05, 4.69) is 33.0 Å².